The van der Waals surface area contributed by atoms with Gasteiger partial charge in [0.05, 0.1) is 11.9 Å². The molecule has 0 spiro atoms. The number of nitrogens with zero attached hydrogens (tertiary/aromatic N) is 2. The maximum Gasteiger partial charge on any atom is 0.573 e. The third-order valence-corrected chi connectivity index (χ3v) is 2.11. The predicted octanol–water partition coefficient (Wildman–Crippen LogP) is 2.58. The summed E-state index contributed by atoms with van der Waals surface area (Å²) in [5.41, 5.74) is 0.774. The summed E-state index contributed by atoms with van der Waals surface area (Å²) >= 11 is 0. The number of halogens is 3. The molecule has 1 aromatic heterocycles. The standard InChI is InChI=1S/C11H7F3N2O2/c12-11(13,14)18-10-3-1-8(2-4-10)16-9(7-17)5-6-15-16/h1-7H. The van der Waals surface area contributed by atoms with Crippen molar-refractivity contribution in [3.05, 3.63) is 42.2 Å². The molecule has 0 radical (unpaired) electrons. The van der Waals surface area contributed by atoms with E-state index in [1.54, 1.807) is 0 Å². The molecule has 94 valence electrons. The lowest BCUT2D eigenvalue weighted by Crippen LogP contribution is -2.17. The van der Waals surface area contributed by atoms with E-state index in [1.807, 2.05) is 0 Å². The summed E-state index contributed by atoms with van der Waals surface area (Å²) in [5, 5.41) is 3.88. The van der Waals surface area contributed by atoms with Gasteiger partial charge in [-0.05, 0) is 30.3 Å². The zero-order valence-electron chi connectivity index (χ0n) is 8.89. The smallest absolute Gasteiger partial charge is 0.406 e. The second-order valence-electron chi connectivity index (χ2n) is 3.33. The summed E-state index contributed by atoms with van der Waals surface area (Å²) in [6.07, 6.45) is -2.70. The van der Waals surface area contributed by atoms with Crippen LogP contribution in [-0.4, -0.2) is 22.4 Å². The molecule has 0 aliphatic carbocycles. The quantitative estimate of drug-likeness (QED) is 0.793. The van der Waals surface area contributed by atoms with Gasteiger partial charge in [-0.2, -0.15) is 5.10 Å². The number of ether oxygens (including phenoxy) is 1. The fourth-order valence-electron chi connectivity index (χ4n) is 1.41. The van der Waals surface area contributed by atoms with Crippen molar-refractivity contribution in [2.45, 2.75) is 6.36 Å². The Labute approximate surface area is 99.6 Å². The third kappa shape index (κ3) is 2.68. The first-order valence-corrected chi connectivity index (χ1v) is 4.85. The van der Waals surface area contributed by atoms with E-state index in [1.165, 1.54) is 29.1 Å². The maximum absolute atomic E-state index is 11.9. The number of benzene rings is 1. The molecule has 0 saturated heterocycles. The second-order valence-corrected chi connectivity index (χ2v) is 3.33. The van der Waals surface area contributed by atoms with Crippen LogP contribution in [0.5, 0.6) is 5.75 Å². The molecule has 0 N–H and O–H groups in total. The Bertz CT molecular complexity index is 546. The molecule has 0 fully saturated rings. The molecule has 0 amide bonds. The van der Waals surface area contributed by atoms with E-state index >= 15 is 0 Å². The molecule has 1 heterocycles. The summed E-state index contributed by atoms with van der Waals surface area (Å²) in [4.78, 5) is 10.7. The summed E-state index contributed by atoms with van der Waals surface area (Å²) in [6, 6.07) is 6.55. The Morgan fingerprint density at radius 1 is 1.17 bits per heavy atom. The average Bonchev–Trinajstić information content (AvgIpc) is 2.76. The van der Waals surface area contributed by atoms with Crippen LogP contribution >= 0.6 is 0 Å². The van der Waals surface area contributed by atoms with Crippen LogP contribution in [0.25, 0.3) is 5.69 Å². The summed E-state index contributed by atoms with van der Waals surface area (Å²) in [6.45, 7) is 0. The molecule has 0 unspecified atom stereocenters. The van der Waals surface area contributed by atoms with Crippen molar-refractivity contribution in [2.24, 2.45) is 0 Å². The van der Waals surface area contributed by atoms with Gasteiger partial charge in [0.25, 0.3) is 0 Å². The normalized spacial score (nSPS) is 11.3. The van der Waals surface area contributed by atoms with Gasteiger partial charge in [0, 0.05) is 0 Å². The fourth-order valence-corrected chi connectivity index (χ4v) is 1.41. The molecule has 2 aromatic rings. The molecule has 0 atom stereocenters. The first-order chi connectivity index (χ1) is 8.49. The van der Waals surface area contributed by atoms with E-state index in [0.29, 0.717) is 17.7 Å². The molecule has 7 heteroatoms. The van der Waals surface area contributed by atoms with Crippen LogP contribution in [0.1, 0.15) is 10.5 Å². The Kier molecular flexibility index (Phi) is 3.05. The van der Waals surface area contributed by atoms with Gasteiger partial charge in [0.1, 0.15) is 11.4 Å². The van der Waals surface area contributed by atoms with Crippen molar-refractivity contribution in [2.75, 3.05) is 0 Å². The predicted molar refractivity (Wildman–Crippen MR) is 55.6 cm³/mol. The van der Waals surface area contributed by atoms with Crippen LogP contribution in [0.4, 0.5) is 13.2 Å². The highest BCUT2D eigenvalue weighted by Gasteiger charge is 2.30. The van der Waals surface area contributed by atoms with Crippen molar-refractivity contribution in [3.8, 4) is 11.4 Å². The number of alkyl halides is 3. The maximum atomic E-state index is 11.9. The lowest BCUT2D eigenvalue weighted by Gasteiger charge is -2.09. The van der Waals surface area contributed by atoms with Gasteiger partial charge in [-0.25, -0.2) is 4.68 Å². The zero-order valence-corrected chi connectivity index (χ0v) is 8.89. The molecular weight excluding hydrogens is 249 g/mol. The van der Waals surface area contributed by atoms with E-state index in [-0.39, 0.29) is 5.75 Å². The van der Waals surface area contributed by atoms with Gasteiger partial charge in [0.15, 0.2) is 6.29 Å². The summed E-state index contributed by atoms with van der Waals surface area (Å²) in [7, 11) is 0. The van der Waals surface area contributed by atoms with Gasteiger partial charge in [0.2, 0.25) is 0 Å². The molecule has 2 rings (SSSR count). The van der Waals surface area contributed by atoms with Crippen molar-refractivity contribution >= 4 is 6.29 Å². The number of rotatable bonds is 3. The Hall–Kier alpha value is -2.31. The van der Waals surface area contributed by atoms with Gasteiger partial charge in [-0.15, -0.1) is 13.2 Å². The molecule has 0 aliphatic heterocycles. The summed E-state index contributed by atoms with van der Waals surface area (Å²) in [5.74, 6) is -0.328. The van der Waals surface area contributed by atoms with E-state index in [2.05, 4.69) is 9.84 Å². The summed E-state index contributed by atoms with van der Waals surface area (Å²) < 4.78 is 40.9. The Morgan fingerprint density at radius 2 is 1.83 bits per heavy atom. The number of aldehydes is 1. The number of carbonyl (C=O) groups excluding carboxylic acids is 1. The van der Waals surface area contributed by atoms with Crippen LogP contribution in [0, 0.1) is 0 Å². The number of hydrogen-bond acceptors (Lipinski definition) is 3. The molecular formula is C11H7F3N2O2. The highest BCUT2D eigenvalue weighted by Crippen LogP contribution is 2.23. The Morgan fingerprint density at radius 3 is 2.39 bits per heavy atom. The minimum atomic E-state index is -4.72. The molecule has 18 heavy (non-hydrogen) atoms. The molecule has 4 nitrogen and oxygen atoms in total. The van der Waals surface area contributed by atoms with Crippen molar-refractivity contribution in [1.29, 1.82) is 0 Å². The van der Waals surface area contributed by atoms with Crippen LogP contribution < -0.4 is 4.74 Å². The molecule has 1 aromatic carbocycles. The fraction of sp³-hybridized carbons (Fsp3) is 0.0909. The van der Waals surface area contributed by atoms with Crippen molar-refractivity contribution in [3.63, 3.8) is 0 Å². The monoisotopic (exact) mass is 256 g/mol. The van der Waals surface area contributed by atoms with E-state index < -0.39 is 6.36 Å². The van der Waals surface area contributed by atoms with Crippen LogP contribution in [0.2, 0.25) is 0 Å². The van der Waals surface area contributed by atoms with Crippen LogP contribution in [0.15, 0.2) is 36.5 Å². The first kappa shape index (κ1) is 12.2. The number of carbonyl (C=O) groups is 1. The zero-order chi connectivity index (χ0) is 13.2. The first-order valence-electron chi connectivity index (χ1n) is 4.85. The minimum absolute atomic E-state index is 0.305. The van der Waals surface area contributed by atoms with Crippen molar-refractivity contribution in [1.82, 2.24) is 9.78 Å². The Balaban J connectivity index is 2.25. The molecule has 0 saturated carbocycles. The highest BCUT2D eigenvalue weighted by molar-refractivity contribution is 5.73. The van der Waals surface area contributed by atoms with Crippen LogP contribution in [0.3, 0.4) is 0 Å². The van der Waals surface area contributed by atoms with Gasteiger partial charge in [-0.1, -0.05) is 0 Å². The number of aromatic nitrogens is 2. The van der Waals surface area contributed by atoms with E-state index in [4.69, 9.17) is 0 Å². The largest absolute Gasteiger partial charge is 0.573 e. The second kappa shape index (κ2) is 4.52. The molecule has 0 bridgehead atoms. The van der Waals surface area contributed by atoms with E-state index in [9.17, 15) is 18.0 Å². The highest BCUT2D eigenvalue weighted by atomic mass is 19.4. The SMILES string of the molecule is O=Cc1ccnn1-c1ccc(OC(F)(F)F)cc1. The van der Waals surface area contributed by atoms with Gasteiger partial charge >= 0.3 is 6.36 Å². The van der Waals surface area contributed by atoms with Gasteiger partial charge < -0.3 is 4.74 Å². The topological polar surface area (TPSA) is 44.1 Å². The number of hydrogen-bond donors (Lipinski definition) is 0. The van der Waals surface area contributed by atoms with Crippen molar-refractivity contribution < 1.29 is 22.7 Å². The molecule has 0 aliphatic rings. The minimum Gasteiger partial charge on any atom is -0.406 e. The van der Waals surface area contributed by atoms with E-state index in [0.717, 1.165) is 12.1 Å². The van der Waals surface area contributed by atoms with Crippen LogP contribution in [-0.2, 0) is 0 Å². The lowest BCUT2D eigenvalue weighted by molar-refractivity contribution is -0.274. The lowest BCUT2D eigenvalue weighted by atomic mass is 10.3. The third-order valence-electron chi connectivity index (χ3n) is 2.11. The average molecular weight is 256 g/mol. The van der Waals surface area contributed by atoms with Gasteiger partial charge in [-0.3, -0.25) is 4.79 Å².